The number of pyridine rings is 1. The van der Waals surface area contributed by atoms with E-state index >= 15 is 0 Å². The topological polar surface area (TPSA) is 39.2 Å². The van der Waals surface area contributed by atoms with Crippen molar-refractivity contribution in [1.82, 2.24) is 4.98 Å². The summed E-state index contributed by atoms with van der Waals surface area (Å²) in [6, 6.07) is 3.83. The fraction of sp³-hybridized carbons (Fsp3) is 0.455. The van der Waals surface area contributed by atoms with Gasteiger partial charge in [0.15, 0.2) is 0 Å². The van der Waals surface area contributed by atoms with Crippen molar-refractivity contribution in [3.8, 4) is 0 Å². The van der Waals surface area contributed by atoms with Gasteiger partial charge in [-0.15, -0.1) is 0 Å². The number of carbonyl (C=O) groups excluding carboxylic acids is 1. The Balaban J connectivity index is 2.60. The second-order valence-electron chi connectivity index (χ2n) is 3.32. The summed E-state index contributed by atoms with van der Waals surface area (Å²) in [5, 5.41) is 0. The van der Waals surface area contributed by atoms with Gasteiger partial charge in [-0.1, -0.05) is 6.92 Å². The molecule has 1 rings (SSSR count). The molecule has 1 atom stereocenters. The van der Waals surface area contributed by atoms with Gasteiger partial charge in [0.1, 0.15) is 4.60 Å². The summed E-state index contributed by atoms with van der Waals surface area (Å²) in [5.41, 5.74) is 1.09. The number of carbonyl (C=O) groups is 1. The fourth-order valence-electron chi connectivity index (χ4n) is 1.31. The largest absolute Gasteiger partial charge is 0.466 e. The first kappa shape index (κ1) is 12.2. The molecule has 0 aliphatic rings. The molecule has 0 fully saturated rings. The Hall–Kier alpha value is -0.900. The molecule has 0 aliphatic carbocycles. The molecule has 0 N–H and O–H groups in total. The van der Waals surface area contributed by atoms with Crippen LogP contribution in [0.3, 0.4) is 0 Å². The molecule has 1 aromatic rings. The van der Waals surface area contributed by atoms with Gasteiger partial charge >= 0.3 is 5.97 Å². The summed E-state index contributed by atoms with van der Waals surface area (Å²) < 4.78 is 5.69. The van der Waals surface area contributed by atoms with E-state index < -0.39 is 0 Å². The molecular weight excluding hydrogens is 258 g/mol. The van der Waals surface area contributed by atoms with Gasteiger partial charge in [0.25, 0.3) is 0 Å². The molecule has 1 unspecified atom stereocenters. The molecule has 82 valence electrons. The van der Waals surface area contributed by atoms with Crippen LogP contribution in [0.4, 0.5) is 0 Å². The van der Waals surface area contributed by atoms with Crippen molar-refractivity contribution in [2.24, 2.45) is 0 Å². The number of hydrogen-bond donors (Lipinski definition) is 0. The minimum atomic E-state index is -0.155. The maximum Gasteiger partial charge on any atom is 0.306 e. The monoisotopic (exact) mass is 271 g/mol. The second kappa shape index (κ2) is 5.85. The van der Waals surface area contributed by atoms with Gasteiger partial charge in [-0.2, -0.15) is 0 Å². The normalized spacial score (nSPS) is 12.2. The summed E-state index contributed by atoms with van der Waals surface area (Å²) in [6.45, 7) is 4.25. The van der Waals surface area contributed by atoms with Crippen LogP contribution in [0.1, 0.15) is 31.7 Å². The summed E-state index contributed by atoms with van der Waals surface area (Å²) >= 11 is 3.30. The van der Waals surface area contributed by atoms with Gasteiger partial charge in [0, 0.05) is 6.20 Å². The molecule has 15 heavy (non-hydrogen) atoms. The first-order valence-corrected chi connectivity index (χ1v) is 5.70. The summed E-state index contributed by atoms with van der Waals surface area (Å²) in [4.78, 5) is 15.3. The van der Waals surface area contributed by atoms with Crippen molar-refractivity contribution in [3.63, 3.8) is 0 Å². The van der Waals surface area contributed by atoms with E-state index in [-0.39, 0.29) is 11.9 Å². The average molecular weight is 272 g/mol. The molecular formula is C11H14BrNO2. The number of esters is 1. The SMILES string of the molecule is CCOC(=O)CC(C)c1ccnc(Br)c1. The minimum Gasteiger partial charge on any atom is -0.466 e. The number of ether oxygens (including phenoxy) is 1. The summed E-state index contributed by atoms with van der Waals surface area (Å²) in [7, 11) is 0. The predicted molar refractivity (Wildman–Crippen MR) is 61.6 cm³/mol. The summed E-state index contributed by atoms with van der Waals surface area (Å²) in [6.07, 6.45) is 2.13. The average Bonchev–Trinajstić information content (AvgIpc) is 2.18. The number of rotatable bonds is 4. The van der Waals surface area contributed by atoms with Gasteiger partial charge in [0.2, 0.25) is 0 Å². The fourth-order valence-corrected chi connectivity index (χ4v) is 1.69. The van der Waals surface area contributed by atoms with Crippen LogP contribution < -0.4 is 0 Å². The maximum atomic E-state index is 11.3. The third-order valence-corrected chi connectivity index (χ3v) is 2.53. The zero-order valence-corrected chi connectivity index (χ0v) is 10.5. The molecule has 4 heteroatoms. The van der Waals surface area contributed by atoms with Crippen LogP contribution in [0.15, 0.2) is 22.9 Å². The quantitative estimate of drug-likeness (QED) is 0.625. The Morgan fingerprint density at radius 1 is 1.67 bits per heavy atom. The molecule has 1 aromatic heterocycles. The molecule has 0 amide bonds. The molecule has 1 heterocycles. The van der Waals surface area contributed by atoms with Crippen LogP contribution in [-0.2, 0) is 9.53 Å². The lowest BCUT2D eigenvalue weighted by molar-refractivity contribution is -0.143. The molecule has 0 radical (unpaired) electrons. The molecule has 0 saturated carbocycles. The third kappa shape index (κ3) is 4.00. The smallest absolute Gasteiger partial charge is 0.306 e. The van der Waals surface area contributed by atoms with Crippen LogP contribution in [-0.4, -0.2) is 17.6 Å². The van der Waals surface area contributed by atoms with E-state index in [0.717, 1.165) is 10.2 Å². The summed E-state index contributed by atoms with van der Waals surface area (Å²) in [5.74, 6) is 0.00119. The zero-order valence-electron chi connectivity index (χ0n) is 8.87. The van der Waals surface area contributed by atoms with E-state index in [1.807, 2.05) is 26.0 Å². The standard InChI is InChI=1S/C11H14BrNO2/c1-3-15-11(14)6-8(2)9-4-5-13-10(12)7-9/h4-5,7-8H,3,6H2,1-2H3. The minimum absolute atomic E-state index is 0.155. The van der Waals surface area contributed by atoms with E-state index in [0.29, 0.717) is 13.0 Å². The number of halogens is 1. The van der Waals surface area contributed by atoms with E-state index in [1.54, 1.807) is 6.20 Å². The lowest BCUT2D eigenvalue weighted by Gasteiger charge is -2.10. The van der Waals surface area contributed by atoms with Gasteiger partial charge in [-0.05, 0) is 46.5 Å². The number of nitrogens with zero attached hydrogens (tertiary/aromatic N) is 1. The molecule has 3 nitrogen and oxygen atoms in total. The van der Waals surface area contributed by atoms with Crippen molar-refractivity contribution in [1.29, 1.82) is 0 Å². The van der Waals surface area contributed by atoms with Crippen LogP contribution in [0.2, 0.25) is 0 Å². The van der Waals surface area contributed by atoms with Crippen LogP contribution in [0.25, 0.3) is 0 Å². The Morgan fingerprint density at radius 2 is 2.40 bits per heavy atom. The van der Waals surface area contributed by atoms with E-state index in [9.17, 15) is 4.79 Å². The van der Waals surface area contributed by atoms with Gasteiger partial charge in [-0.25, -0.2) is 4.98 Å². The van der Waals surface area contributed by atoms with Crippen LogP contribution in [0, 0.1) is 0 Å². The van der Waals surface area contributed by atoms with Gasteiger partial charge in [0.05, 0.1) is 13.0 Å². The predicted octanol–water partition coefficient (Wildman–Crippen LogP) is 2.90. The van der Waals surface area contributed by atoms with Crippen molar-refractivity contribution in [2.45, 2.75) is 26.2 Å². The van der Waals surface area contributed by atoms with E-state index in [4.69, 9.17) is 4.74 Å². The van der Waals surface area contributed by atoms with Crippen LogP contribution >= 0.6 is 15.9 Å². The first-order valence-electron chi connectivity index (χ1n) is 4.90. The number of hydrogen-bond acceptors (Lipinski definition) is 3. The third-order valence-electron chi connectivity index (χ3n) is 2.10. The second-order valence-corrected chi connectivity index (χ2v) is 4.13. The van der Waals surface area contributed by atoms with Crippen molar-refractivity contribution in [2.75, 3.05) is 6.61 Å². The Kier molecular flexibility index (Phi) is 4.75. The lowest BCUT2D eigenvalue weighted by Crippen LogP contribution is -2.08. The molecule has 0 spiro atoms. The Morgan fingerprint density at radius 3 is 3.00 bits per heavy atom. The Labute approximate surface area is 98.0 Å². The zero-order chi connectivity index (χ0) is 11.3. The van der Waals surface area contributed by atoms with E-state index in [1.165, 1.54) is 0 Å². The highest BCUT2D eigenvalue weighted by molar-refractivity contribution is 9.10. The molecule has 0 saturated heterocycles. The maximum absolute atomic E-state index is 11.3. The highest BCUT2D eigenvalue weighted by Gasteiger charge is 2.12. The van der Waals surface area contributed by atoms with E-state index in [2.05, 4.69) is 20.9 Å². The first-order chi connectivity index (χ1) is 7.13. The molecule has 0 aromatic carbocycles. The van der Waals surface area contributed by atoms with Crippen molar-refractivity contribution in [3.05, 3.63) is 28.5 Å². The van der Waals surface area contributed by atoms with Gasteiger partial charge < -0.3 is 4.74 Å². The van der Waals surface area contributed by atoms with Crippen molar-refractivity contribution < 1.29 is 9.53 Å². The Bertz CT molecular complexity index is 341. The van der Waals surface area contributed by atoms with Gasteiger partial charge in [-0.3, -0.25) is 4.79 Å². The molecule has 0 bridgehead atoms. The lowest BCUT2D eigenvalue weighted by atomic mass is 9.99. The highest BCUT2D eigenvalue weighted by atomic mass is 79.9. The molecule has 0 aliphatic heterocycles. The van der Waals surface area contributed by atoms with Crippen LogP contribution in [0.5, 0.6) is 0 Å². The highest BCUT2D eigenvalue weighted by Crippen LogP contribution is 2.21. The van der Waals surface area contributed by atoms with Crippen molar-refractivity contribution >= 4 is 21.9 Å². The number of aromatic nitrogens is 1.